The Balaban J connectivity index is 2.89. The van der Waals surface area contributed by atoms with Crippen LogP contribution in [0.25, 0.3) is 0 Å². The first-order valence-electron chi connectivity index (χ1n) is 5.92. The molecular formula is C12H20FN3O2S. The van der Waals surface area contributed by atoms with Crippen molar-refractivity contribution in [1.29, 1.82) is 0 Å². The maximum atomic E-state index is 13.7. The summed E-state index contributed by atoms with van der Waals surface area (Å²) < 4.78 is 40.1. The minimum Gasteiger partial charge on any atom is -0.326 e. The highest BCUT2D eigenvalue weighted by Gasteiger charge is 2.20. The zero-order valence-electron chi connectivity index (χ0n) is 11.4. The molecule has 0 amide bonds. The van der Waals surface area contributed by atoms with Crippen LogP contribution in [0.1, 0.15) is 12.5 Å². The molecule has 7 heteroatoms. The van der Waals surface area contributed by atoms with Crippen molar-refractivity contribution in [3.05, 3.63) is 29.6 Å². The summed E-state index contributed by atoms with van der Waals surface area (Å²) in [7, 11) is -0.151. The quantitative estimate of drug-likeness (QED) is 0.800. The minimum absolute atomic E-state index is 0.0150. The number of nitrogens with two attached hydrogens (primary N) is 1. The number of halogens is 1. The van der Waals surface area contributed by atoms with Crippen molar-refractivity contribution in [1.82, 2.24) is 9.62 Å². The Morgan fingerprint density at radius 1 is 1.42 bits per heavy atom. The van der Waals surface area contributed by atoms with Crippen molar-refractivity contribution in [2.45, 2.75) is 24.4 Å². The van der Waals surface area contributed by atoms with E-state index >= 15 is 0 Å². The second kappa shape index (κ2) is 6.42. The Morgan fingerprint density at radius 2 is 2.05 bits per heavy atom. The zero-order chi connectivity index (χ0) is 14.6. The highest BCUT2D eigenvalue weighted by Crippen LogP contribution is 2.15. The Kier molecular flexibility index (Phi) is 5.42. The van der Waals surface area contributed by atoms with Crippen LogP contribution in [0.3, 0.4) is 0 Å². The SMILES string of the molecule is CC(CNS(=O)(=O)c1ccc(CN)cc1F)N(C)C. The second-order valence-corrected chi connectivity index (χ2v) is 6.37. The third kappa shape index (κ3) is 4.24. The normalized spacial score (nSPS) is 13.8. The molecule has 19 heavy (non-hydrogen) atoms. The number of hydrogen-bond donors (Lipinski definition) is 2. The van der Waals surface area contributed by atoms with Gasteiger partial charge in [0.1, 0.15) is 10.7 Å². The lowest BCUT2D eigenvalue weighted by atomic mass is 10.2. The molecule has 0 saturated heterocycles. The van der Waals surface area contributed by atoms with E-state index in [0.29, 0.717) is 5.56 Å². The summed E-state index contributed by atoms with van der Waals surface area (Å²) in [5.41, 5.74) is 5.93. The third-order valence-corrected chi connectivity index (χ3v) is 4.43. The highest BCUT2D eigenvalue weighted by atomic mass is 32.2. The molecular weight excluding hydrogens is 269 g/mol. The first-order chi connectivity index (χ1) is 8.77. The predicted octanol–water partition coefficient (Wildman–Crippen LogP) is 0.513. The molecule has 1 aromatic rings. The molecule has 0 bridgehead atoms. The lowest BCUT2D eigenvalue weighted by Gasteiger charge is -2.20. The van der Waals surface area contributed by atoms with Crippen LogP contribution in [-0.4, -0.2) is 40.0 Å². The molecule has 0 radical (unpaired) electrons. The Morgan fingerprint density at radius 3 is 2.53 bits per heavy atom. The predicted molar refractivity (Wildman–Crippen MR) is 72.6 cm³/mol. The summed E-state index contributed by atoms with van der Waals surface area (Å²) in [5.74, 6) is -0.784. The van der Waals surface area contributed by atoms with Crippen LogP contribution in [0.2, 0.25) is 0 Å². The Bertz CT molecular complexity index is 532. The maximum Gasteiger partial charge on any atom is 0.243 e. The lowest BCUT2D eigenvalue weighted by Crippen LogP contribution is -2.38. The molecule has 1 atom stereocenters. The molecule has 0 aromatic heterocycles. The van der Waals surface area contributed by atoms with Gasteiger partial charge >= 0.3 is 0 Å². The van der Waals surface area contributed by atoms with Crippen LogP contribution in [-0.2, 0) is 16.6 Å². The number of nitrogens with one attached hydrogen (secondary N) is 1. The Hall–Kier alpha value is -1.02. The Labute approximate surface area is 113 Å². The first kappa shape index (κ1) is 16.0. The first-order valence-corrected chi connectivity index (χ1v) is 7.41. The molecule has 1 aromatic carbocycles. The largest absolute Gasteiger partial charge is 0.326 e. The van der Waals surface area contributed by atoms with Gasteiger partial charge in [0.2, 0.25) is 10.0 Å². The van der Waals surface area contributed by atoms with Gasteiger partial charge in [0.05, 0.1) is 0 Å². The van der Waals surface area contributed by atoms with E-state index in [9.17, 15) is 12.8 Å². The van der Waals surface area contributed by atoms with Gasteiger partial charge in [-0.25, -0.2) is 17.5 Å². The molecule has 0 aliphatic carbocycles. The molecule has 108 valence electrons. The molecule has 3 N–H and O–H groups in total. The zero-order valence-corrected chi connectivity index (χ0v) is 12.2. The van der Waals surface area contributed by atoms with Gasteiger partial charge in [-0.2, -0.15) is 0 Å². The van der Waals surface area contributed by atoms with Crippen molar-refractivity contribution in [2.24, 2.45) is 5.73 Å². The van der Waals surface area contributed by atoms with Gasteiger partial charge < -0.3 is 10.6 Å². The maximum absolute atomic E-state index is 13.7. The number of benzene rings is 1. The summed E-state index contributed by atoms with van der Waals surface area (Å²) in [5, 5.41) is 0. The number of likely N-dealkylation sites (N-methyl/N-ethyl adjacent to an activating group) is 1. The summed E-state index contributed by atoms with van der Waals surface area (Å²) >= 11 is 0. The van der Waals surface area contributed by atoms with E-state index < -0.39 is 15.8 Å². The van der Waals surface area contributed by atoms with Crippen molar-refractivity contribution >= 4 is 10.0 Å². The molecule has 1 unspecified atom stereocenters. The van der Waals surface area contributed by atoms with Crippen LogP contribution in [0.4, 0.5) is 4.39 Å². The van der Waals surface area contributed by atoms with Gasteiger partial charge in [0.25, 0.3) is 0 Å². The number of hydrogen-bond acceptors (Lipinski definition) is 4. The van der Waals surface area contributed by atoms with E-state index in [2.05, 4.69) is 4.72 Å². The van der Waals surface area contributed by atoms with E-state index in [1.165, 1.54) is 12.1 Å². The van der Waals surface area contributed by atoms with Crippen molar-refractivity contribution in [2.75, 3.05) is 20.6 Å². The van der Waals surface area contributed by atoms with Crippen LogP contribution in [0, 0.1) is 5.82 Å². The summed E-state index contributed by atoms with van der Waals surface area (Å²) in [6.07, 6.45) is 0. The average Bonchev–Trinajstić information content (AvgIpc) is 2.35. The fourth-order valence-electron chi connectivity index (χ4n) is 1.38. The van der Waals surface area contributed by atoms with Gasteiger partial charge in [-0.3, -0.25) is 0 Å². The fraction of sp³-hybridized carbons (Fsp3) is 0.500. The molecule has 5 nitrogen and oxygen atoms in total. The number of rotatable bonds is 6. The summed E-state index contributed by atoms with van der Waals surface area (Å²) in [6.45, 7) is 2.26. The van der Waals surface area contributed by atoms with Crippen molar-refractivity contribution < 1.29 is 12.8 Å². The van der Waals surface area contributed by atoms with E-state index in [0.717, 1.165) is 6.07 Å². The topological polar surface area (TPSA) is 75.4 Å². The molecule has 1 rings (SSSR count). The van der Waals surface area contributed by atoms with Gasteiger partial charge in [0.15, 0.2) is 0 Å². The van der Waals surface area contributed by atoms with E-state index in [1.54, 1.807) is 0 Å². The van der Waals surface area contributed by atoms with E-state index in [-0.39, 0.29) is 24.0 Å². The molecule has 0 aliphatic rings. The van der Waals surface area contributed by atoms with Gasteiger partial charge in [-0.15, -0.1) is 0 Å². The van der Waals surface area contributed by atoms with Gasteiger partial charge in [-0.1, -0.05) is 6.07 Å². The van der Waals surface area contributed by atoms with E-state index in [4.69, 9.17) is 5.73 Å². The molecule has 0 heterocycles. The number of sulfonamides is 1. The monoisotopic (exact) mass is 289 g/mol. The third-order valence-electron chi connectivity index (χ3n) is 2.97. The molecule has 0 aliphatic heterocycles. The summed E-state index contributed by atoms with van der Waals surface area (Å²) in [4.78, 5) is 1.52. The molecule has 0 fully saturated rings. The standard InChI is InChI=1S/C12H20FN3O2S/c1-9(16(2)3)8-15-19(17,18)12-5-4-10(7-14)6-11(12)13/h4-6,9,15H,7-8,14H2,1-3H3. The van der Waals surface area contributed by atoms with Crippen LogP contribution < -0.4 is 10.5 Å². The average molecular weight is 289 g/mol. The van der Waals surface area contributed by atoms with Crippen molar-refractivity contribution in [3.8, 4) is 0 Å². The van der Waals surface area contributed by atoms with Crippen LogP contribution in [0.5, 0.6) is 0 Å². The second-order valence-electron chi connectivity index (χ2n) is 4.63. The lowest BCUT2D eigenvalue weighted by molar-refractivity contribution is 0.313. The summed E-state index contributed by atoms with van der Waals surface area (Å²) in [6, 6.07) is 3.90. The highest BCUT2D eigenvalue weighted by molar-refractivity contribution is 7.89. The van der Waals surface area contributed by atoms with Crippen molar-refractivity contribution in [3.63, 3.8) is 0 Å². The number of nitrogens with zero attached hydrogens (tertiary/aromatic N) is 1. The molecule has 0 saturated carbocycles. The van der Waals surface area contributed by atoms with Crippen LogP contribution in [0.15, 0.2) is 23.1 Å². The smallest absolute Gasteiger partial charge is 0.243 e. The molecule has 0 spiro atoms. The van der Waals surface area contributed by atoms with Gasteiger partial charge in [0, 0.05) is 19.1 Å². The van der Waals surface area contributed by atoms with Crippen LogP contribution >= 0.6 is 0 Å². The van der Waals surface area contributed by atoms with Gasteiger partial charge in [-0.05, 0) is 38.7 Å². The van der Waals surface area contributed by atoms with E-state index in [1.807, 2.05) is 25.9 Å². The minimum atomic E-state index is -3.84. The fourth-order valence-corrected chi connectivity index (χ4v) is 2.56.